The first-order valence-electron chi connectivity index (χ1n) is 14.1. The van der Waals surface area contributed by atoms with Gasteiger partial charge in [-0.3, -0.25) is 5.43 Å². The van der Waals surface area contributed by atoms with Gasteiger partial charge in [-0.25, -0.2) is 9.59 Å². The zero-order chi connectivity index (χ0) is 33.2. The van der Waals surface area contributed by atoms with Crippen LogP contribution < -0.4 is 35.0 Å². The van der Waals surface area contributed by atoms with Gasteiger partial charge < -0.3 is 39.4 Å². The first kappa shape index (κ1) is 34.4. The highest BCUT2D eigenvalue weighted by atomic mass is 79.9. The Morgan fingerprint density at radius 3 is 2.61 bits per heavy atom. The number of allylic oxidation sites excluding steroid dienone is 1. The summed E-state index contributed by atoms with van der Waals surface area (Å²) in [5.74, 6) is 1.03. The van der Waals surface area contributed by atoms with E-state index in [2.05, 4.69) is 37.1 Å². The second-order valence-electron chi connectivity index (χ2n) is 9.82. The number of carbonyl (C=O) groups is 2. The molecule has 2 amide bonds. The van der Waals surface area contributed by atoms with Gasteiger partial charge in [0, 0.05) is 26.3 Å². The van der Waals surface area contributed by atoms with Crippen LogP contribution >= 0.6 is 27.5 Å². The van der Waals surface area contributed by atoms with Crippen LogP contribution in [0.5, 0.6) is 23.0 Å². The first-order chi connectivity index (χ1) is 22.1. The molecule has 1 heterocycles. The van der Waals surface area contributed by atoms with E-state index in [-0.39, 0.29) is 18.8 Å². The zero-order valence-corrected chi connectivity index (χ0v) is 27.9. The number of amides is 2. The lowest BCUT2D eigenvalue weighted by Crippen LogP contribution is -2.45. The highest BCUT2D eigenvalue weighted by Gasteiger charge is 2.32. The molecule has 0 saturated carbocycles. The lowest BCUT2D eigenvalue weighted by Gasteiger charge is -2.28. The molecule has 0 saturated heterocycles. The van der Waals surface area contributed by atoms with Gasteiger partial charge in [-0.1, -0.05) is 51.8 Å². The van der Waals surface area contributed by atoms with Crippen molar-refractivity contribution in [2.75, 3.05) is 27.4 Å². The Hall–Kier alpha value is -4.46. The number of ether oxygens (including phenoxy) is 5. The van der Waals surface area contributed by atoms with Crippen LogP contribution in [0, 0.1) is 0 Å². The van der Waals surface area contributed by atoms with Gasteiger partial charge in [-0.05, 0) is 49.7 Å². The van der Waals surface area contributed by atoms with Gasteiger partial charge >= 0.3 is 12.0 Å². The Kier molecular flexibility index (Phi) is 12.1. The molecule has 46 heavy (non-hydrogen) atoms. The number of esters is 1. The number of benzene rings is 3. The van der Waals surface area contributed by atoms with E-state index in [4.69, 9.17) is 35.3 Å². The van der Waals surface area contributed by atoms with Gasteiger partial charge in [0.1, 0.15) is 13.2 Å². The normalized spacial score (nSPS) is 15.1. The number of nitrogens with one attached hydrogen (secondary N) is 3. The molecule has 2 atom stereocenters. The van der Waals surface area contributed by atoms with Crippen molar-refractivity contribution in [3.63, 3.8) is 0 Å². The summed E-state index contributed by atoms with van der Waals surface area (Å²) in [6.45, 7) is 3.76. The SMILES string of the molecule is CCOc1cc([C@@H]2NC(=O)NC(C)=C2C(=O)OC)ccc1OC[C@H](O)N/N=C/c1cc(Br)cc(OC)c1OCc1ccccc1Cl. The molecule has 244 valence electrons. The number of aliphatic hydroxyl groups is 1. The van der Waals surface area contributed by atoms with Crippen LogP contribution in [-0.2, 0) is 16.1 Å². The number of carbonyl (C=O) groups excluding carboxylic acids is 2. The summed E-state index contributed by atoms with van der Waals surface area (Å²) in [7, 11) is 2.80. The second-order valence-corrected chi connectivity index (χ2v) is 11.1. The number of nitrogens with zero attached hydrogens (tertiary/aromatic N) is 1. The van der Waals surface area contributed by atoms with E-state index in [1.165, 1.54) is 20.4 Å². The summed E-state index contributed by atoms with van der Waals surface area (Å²) >= 11 is 9.75. The molecule has 4 rings (SSSR count). The van der Waals surface area contributed by atoms with Crippen LogP contribution in [-0.4, -0.2) is 57.0 Å². The van der Waals surface area contributed by atoms with Crippen molar-refractivity contribution in [1.82, 2.24) is 16.1 Å². The van der Waals surface area contributed by atoms with Crippen LogP contribution in [0.25, 0.3) is 0 Å². The molecular weight excluding hydrogens is 684 g/mol. The number of rotatable bonds is 14. The summed E-state index contributed by atoms with van der Waals surface area (Å²) in [5.41, 5.74) is 5.23. The zero-order valence-electron chi connectivity index (χ0n) is 25.6. The lowest BCUT2D eigenvalue weighted by atomic mass is 9.95. The number of urea groups is 1. The smallest absolute Gasteiger partial charge is 0.337 e. The number of hydrogen-bond acceptors (Lipinski definition) is 10. The third-order valence-corrected chi connectivity index (χ3v) is 7.52. The van der Waals surface area contributed by atoms with E-state index >= 15 is 0 Å². The van der Waals surface area contributed by atoms with Crippen molar-refractivity contribution in [3.05, 3.63) is 92.1 Å². The van der Waals surface area contributed by atoms with Crippen LogP contribution in [0.3, 0.4) is 0 Å². The van der Waals surface area contributed by atoms with Crippen LogP contribution in [0.4, 0.5) is 4.79 Å². The minimum Gasteiger partial charge on any atom is -0.493 e. The number of hydrogen-bond donors (Lipinski definition) is 4. The summed E-state index contributed by atoms with van der Waals surface area (Å²) in [6, 6.07) is 14.7. The number of aliphatic hydroxyl groups excluding tert-OH is 1. The molecule has 0 aromatic heterocycles. The van der Waals surface area contributed by atoms with E-state index in [0.29, 0.717) is 51.5 Å². The molecular formula is C32H34BrClN4O8. The molecule has 0 bridgehead atoms. The molecule has 3 aromatic rings. The van der Waals surface area contributed by atoms with Gasteiger partial charge in [0.2, 0.25) is 0 Å². The fourth-order valence-corrected chi connectivity index (χ4v) is 5.22. The molecule has 3 aromatic carbocycles. The monoisotopic (exact) mass is 716 g/mol. The average Bonchev–Trinajstić information content (AvgIpc) is 3.03. The maximum absolute atomic E-state index is 12.5. The number of halogens is 2. The molecule has 0 radical (unpaired) electrons. The Morgan fingerprint density at radius 1 is 1.11 bits per heavy atom. The first-order valence-corrected chi connectivity index (χ1v) is 15.3. The highest BCUT2D eigenvalue weighted by Crippen LogP contribution is 2.36. The Balaban J connectivity index is 1.45. The predicted octanol–water partition coefficient (Wildman–Crippen LogP) is 5.21. The summed E-state index contributed by atoms with van der Waals surface area (Å²) < 4.78 is 28.8. The fraction of sp³-hybridized carbons (Fsp3) is 0.281. The van der Waals surface area contributed by atoms with E-state index in [1.54, 1.807) is 50.2 Å². The molecule has 14 heteroatoms. The van der Waals surface area contributed by atoms with Gasteiger partial charge in [0.25, 0.3) is 0 Å². The molecule has 0 aliphatic carbocycles. The maximum Gasteiger partial charge on any atom is 0.337 e. The topological polar surface area (TPSA) is 149 Å². The van der Waals surface area contributed by atoms with E-state index < -0.39 is 24.3 Å². The molecule has 0 spiro atoms. The Bertz CT molecular complexity index is 1630. The van der Waals surface area contributed by atoms with E-state index in [1.807, 2.05) is 18.2 Å². The predicted molar refractivity (Wildman–Crippen MR) is 175 cm³/mol. The van der Waals surface area contributed by atoms with Crippen molar-refractivity contribution < 1.29 is 38.4 Å². The van der Waals surface area contributed by atoms with Crippen molar-refractivity contribution in [1.29, 1.82) is 0 Å². The molecule has 0 fully saturated rings. The van der Waals surface area contributed by atoms with Gasteiger partial charge in [0.05, 0.1) is 38.7 Å². The van der Waals surface area contributed by atoms with Crippen molar-refractivity contribution in [2.45, 2.75) is 32.7 Å². The van der Waals surface area contributed by atoms with Gasteiger partial charge in [0.15, 0.2) is 29.2 Å². The fourth-order valence-electron chi connectivity index (χ4n) is 4.57. The largest absolute Gasteiger partial charge is 0.493 e. The van der Waals surface area contributed by atoms with Crippen molar-refractivity contribution >= 4 is 45.7 Å². The number of hydrazone groups is 1. The standard InChI is InChI=1S/C32H34BrClN4O8/c1-5-44-25-13-19(29-28(31(40)43-4)18(2)36-32(41)37-29)10-11-24(25)45-17-27(39)38-35-15-21-12-22(33)14-26(42-3)30(21)46-16-20-8-6-7-9-23(20)34/h6-15,27,29,38-39H,5,16-17H2,1-4H3,(H2,36,37,41)/b35-15+/t27-,29-/m0/s1. The summed E-state index contributed by atoms with van der Waals surface area (Å²) in [6.07, 6.45) is 0.285. The van der Waals surface area contributed by atoms with E-state index in [0.717, 1.165) is 10.0 Å². The van der Waals surface area contributed by atoms with Gasteiger partial charge in [-0.15, -0.1) is 0 Å². The molecule has 4 N–H and O–H groups in total. The van der Waals surface area contributed by atoms with Crippen LogP contribution in [0.15, 0.2) is 75.4 Å². The molecule has 1 aliphatic rings. The van der Waals surface area contributed by atoms with Crippen LogP contribution in [0.1, 0.15) is 36.6 Å². The van der Waals surface area contributed by atoms with Gasteiger partial charge in [-0.2, -0.15) is 5.10 Å². The molecule has 12 nitrogen and oxygen atoms in total. The third-order valence-electron chi connectivity index (χ3n) is 6.70. The highest BCUT2D eigenvalue weighted by molar-refractivity contribution is 9.10. The Labute approximate surface area is 279 Å². The summed E-state index contributed by atoms with van der Waals surface area (Å²) in [5, 5.41) is 20.7. The molecule has 0 unspecified atom stereocenters. The third kappa shape index (κ3) is 8.62. The minimum absolute atomic E-state index is 0.190. The quantitative estimate of drug-likeness (QED) is 0.0764. The Morgan fingerprint density at radius 2 is 1.89 bits per heavy atom. The number of methoxy groups -OCH3 is 2. The van der Waals surface area contributed by atoms with Crippen molar-refractivity contribution in [3.8, 4) is 23.0 Å². The van der Waals surface area contributed by atoms with E-state index in [9.17, 15) is 14.7 Å². The lowest BCUT2D eigenvalue weighted by molar-refractivity contribution is -0.136. The van der Waals surface area contributed by atoms with Crippen molar-refractivity contribution in [2.24, 2.45) is 5.10 Å². The van der Waals surface area contributed by atoms with Crippen LogP contribution in [0.2, 0.25) is 5.02 Å². The summed E-state index contributed by atoms with van der Waals surface area (Å²) in [4.78, 5) is 24.7. The second kappa shape index (κ2) is 16.2. The maximum atomic E-state index is 12.5. The minimum atomic E-state index is -1.20. The average molecular weight is 718 g/mol. The molecule has 1 aliphatic heterocycles.